The van der Waals surface area contributed by atoms with Gasteiger partial charge in [0, 0.05) is 37.7 Å². The van der Waals surface area contributed by atoms with Crippen LogP contribution in [0.3, 0.4) is 0 Å². The van der Waals surface area contributed by atoms with E-state index >= 15 is 0 Å². The summed E-state index contributed by atoms with van der Waals surface area (Å²) in [6.45, 7) is 6.13. The molecule has 1 aromatic rings. The number of rotatable bonds is 5. The zero-order chi connectivity index (χ0) is 19.5. The SMILES string of the molecule is O=C(O)CN1C[C@@H]2COC[C@H](C1)N(C(=O)c1ccc(CN3CCCC3)cc1)C2. The maximum atomic E-state index is 13.2. The Morgan fingerprint density at radius 2 is 1.75 bits per heavy atom. The van der Waals surface area contributed by atoms with Gasteiger partial charge in [0.1, 0.15) is 0 Å². The van der Waals surface area contributed by atoms with E-state index < -0.39 is 5.97 Å². The number of benzene rings is 1. The van der Waals surface area contributed by atoms with Crippen molar-refractivity contribution in [3.8, 4) is 0 Å². The Kier molecular flexibility index (Phi) is 5.94. The van der Waals surface area contributed by atoms with Crippen molar-refractivity contribution in [2.45, 2.75) is 25.4 Å². The predicted octanol–water partition coefficient (Wildman–Crippen LogP) is 1.14. The molecule has 3 saturated heterocycles. The summed E-state index contributed by atoms with van der Waals surface area (Å²) in [7, 11) is 0. The van der Waals surface area contributed by atoms with Crippen molar-refractivity contribution in [1.29, 1.82) is 0 Å². The van der Waals surface area contributed by atoms with Crippen molar-refractivity contribution < 1.29 is 19.4 Å². The Morgan fingerprint density at radius 1 is 1.00 bits per heavy atom. The van der Waals surface area contributed by atoms with Crippen LogP contribution in [0.25, 0.3) is 0 Å². The molecule has 3 aliphatic heterocycles. The Labute approximate surface area is 165 Å². The second-order valence-corrected chi connectivity index (χ2v) is 8.28. The second kappa shape index (κ2) is 8.59. The zero-order valence-corrected chi connectivity index (χ0v) is 16.3. The van der Waals surface area contributed by atoms with Crippen LogP contribution in [0.2, 0.25) is 0 Å². The van der Waals surface area contributed by atoms with Gasteiger partial charge in [-0.1, -0.05) is 12.1 Å². The van der Waals surface area contributed by atoms with Gasteiger partial charge in [0.05, 0.1) is 25.8 Å². The van der Waals surface area contributed by atoms with Crippen LogP contribution in [0.5, 0.6) is 0 Å². The molecule has 0 spiro atoms. The Hall–Kier alpha value is -1.96. The van der Waals surface area contributed by atoms with Crippen LogP contribution in [-0.2, 0) is 16.1 Å². The largest absolute Gasteiger partial charge is 0.480 e. The molecule has 4 rings (SSSR count). The highest BCUT2D eigenvalue weighted by molar-refractivity contribution is 5.94. The number of carbonyl (C=O) groups excluding carboxylic acids is 1. The van der Waals surface area contributed by atoms with Crippen molar-refractivity contribution in [3.05, 3.63) is 35.4 Å². The number of hydrogen-bond acceptors (Lipinski definition) is 5. The minimum atomic E-state index is -0.827. The van der Waals surface area contributed by atoms with Gasteiger partial charge in [-0.25, -0.2) is 0 Å². The number of hydrogen-bond donors (Lipinski definition) is 1. The van der Waals surface area contributed by atoms with Crippen molar-refractivity contribution in [2.75, 3.05) is 52.5 Å². The summed E-state index contributed by atoms with van der Waals surface area (Å²) in [6, 6.07) is 7.87. The van der Waals surface area contributed by atoms with Gasteiger partial charge in [-0.2, -0.15) is 0 Å². The number of carboxylic acids is 1. The van der Waals surface area contributed by atoms with E-state index in [1.54, 1.807) is 0 Å². The first-order chi connectivity index (χ1) is 13.6. The molecule has 0 unspecified atom stereocenters. The molecule has 1 N–H and O–H groups in total. The molecule has 3 fully saturated rings. The monoisotopic (exact) mass is 387 g/mol. The number of aliphatic carboxylic acids is 1. The van der Waals surface area contributed by atoms with Crippen LogP contribution in [0.1, 0.15) is 28.8 Å². The van der Waals surface area contributed by atoms with E-state index in [0.717, 1.165) is 19.6 Å². The smallest absolute Gasteiger partial charge is 0.317 e. The average molecular weight is 387 g/mol. The van der Waals surface area contributed by atoms with E-state index in [4.69, 9.17) is 9.84 Å². The highest BCUT2D eigenvalue weighted by Gasteiger charge is 2.36. The molecule has 1 aromatic carbocycles. The Morgan fingerprint density at radius 3 is 2.46 bits per heavy atom. The van der Waals surface area contributed by atoms with E-state index in [2.05, 4.69) is 17.0 Å². The van der Waals surface area contributed by atoms with Gasteiger partial charge in [0.2, 0.25) is 0 Å². The molecule has 3 heterocycles. The molecule has 0 radical (unpaired) electrons. The van der Waals surface area contributed by atoms with Gasteiger partial charge < -0.3 is 14.7 Å². The molecule has 0 saturated carbocycles. The van der Waals surface area contributed by atoms with E-state index in [1.165, 1.54) is 18.4 Å². The first-order valence-electron chi connectivity index (χ1n) is 10.2. The van der Waals surface area contributed by atoms with E-state index in [-0.39, 0.29) is 24.4 Å². The summed E-state index contributed by atoms with van der Waals surface area (Å²) < 4.78 is 5.75. The topological polar surface area (TPSA) is 73.3 Å². The third kappa shape index (κ3) is 4.54. The van der Waals surface area contributed by atoms with E-state index in [1.807, 2.05) is 21.9 Å². The fourth-order valence-corrected chi connectivity index (χ4v) is 4.63. The summed E-state index contributed by atoms with van der Waals surface area (Å²) in [5, 5.41) is 9.14. The van der Waals surface area contributed by atoms with Gasteiger partial charge in [-0.15, -0.1) is 0 Å². The minimum absolute atomic E-state index is 0.0141. The number of amides is 1. The molecule has 2 atom stereocenters. The van der Waals surface area contributed by atoms with Gasteiger partial charge in [-0.05, 0) is 43.6 Å². The van der Waals surface area contributed by atoms with Crippen molar-refractivity contribution in [1.82, 2.24) is 14.7 Å². The Bertz CT molecular complexity index is 702. The van der Waals surface area contributed by atoms with Crippen LogP contribution in [0, 0.1) is 5.92 Å². The molecule has 0 aromatic heterocycles. The first-order valence-corrected chi connectivity index (χ1v) is 10.2. The highest BCUT2D eigenvalue weighted by atomic mass is 16.5. The molecule has 3 aliphatic rings. The minimum Gasteiger partial charge on any atom is -0.480 e. The number of nitrogens with zero attached hydrogens (tertiary/aromatic N) is 3. The number of carbonyl (C=O) groups is 2. The molecule has 7 nitrogen and oxygen atoms in total. The summed E-state index contributed by atoms with van der Waals surface area (Å²) in [6.07, 6.45) is 2.55. The number of carboxylic acid groups (broad SMARTS) is 1. The zero-order valence-electron chi connectivity index (χ0n) is 16.3. The summed E-state index contributed by atoms with van der Waals surface area (Å²) in [5.41, 5.74) is 1.94. The van der Waals surface area contributed by atoms with Crippen LogP contribution >= 0.6 is 0 Å². The number of likely N-dealkylation sites (tertiary alicyclic amines) is 1. The molecule has 28 heavy (non-hydrogen) atoms. The lowest BCUT2D eigenvalue weighted by atomic mass is 10.1. The molecule has 7 heteroatoms. The standard InChI is InChI=1S/C21H29N3O4/c25-20(26)13-23-10-17-11-24(19(12-23)15-28-14-17)21(27)18-5-3-16(4-6-18)9-22-7-1-2-8-22/h3-6,17,19H,1-2,7-15H2,(H,25,26)/t17-,19-/m0/s1. The van der Waals surface area contributed by atoms with Gasteiger partial charge in [0.25, 0.3) is 5.91 Å². The van der Waals surface area contributed by atoms with Crippen molar-refractivity contribution >= 4 is 11.9 Å². The van der Waals surface area contributed by atoms with E-state index in [9.17, 15) is 9.59 Å². The molecular formula is C21H29N3O4. The third-order valence-corrected chi connectivity index (χ3v) is 5.97. The quantitative estimate of drug-likeness (QED) is 0.817. The highest BCUT2D eigenvalue weighted by Crippen LogP contribution is 2.22. The molecule has 0 aliphatic carbocycles. The lowest BCUT2D eigenvalue weighted by Gasteiger charge is -2.30. The number of fused-ring (bicyclic) bond motifs is 3. The molecule has 152 valence electrons. The maximum absolute atomic E-state index is 13.2. The van der Waals surface area contributed by atoms with Gasteiger partial charge in [0.15, 0.2) is 0 Å². The number of ether oxygens (including phenoxy) is 1. The first kappa shape index (κ1) is 19.4. The van der Waals surface area contributed by atoms with Crippen molar-refractivity contribution in [2.24, 2.45) is 5.92 Å². The fourth-order valence-electron chi connectivity index (χ4n) is 4.63. The van der Waals surface area contributed by atoms with Crippen LogP contribution < -0.4 is 0 Å². The molecule has 2 bridgehead atoms. The second-order valence-electron chi connectivity index (χ2n) is 8.28. The average Bonchev–Trinajstić information content (AvgIpc) is 3.00. The molecular weight excluding hydrogens is 358 g/mol. The van der Waals surface area contributed by atoms with Gasteiger partial charge >= 0.3 is 5.97 Å². The molecule has 1 amide bonds. The Balaban J connectivity index is 1.45. The summed E-state index contributed by atoms with van der Waals surface area (Å²) in [4.78, 5) is 30.6. The van der Waals surface area contributed by atoms with Gasteiger partial charge in [-0.3, -0.25) is 19.4 Å². The third-order valence-electron chi connectivity index (χ3n) is 5.97. The summed E-state index contributed by atoms with van der Waals surface area (Å²) in [5.74, 6) is -0.664. The van der Waals surface area contributed by atoms with Crippen LogP contribution in [0.15, 0.2) is 24.3 Å². The fraction of sp³-hybridized carbons (Fsp3) is 0.619. The van der Waals surface area contributed by atoms with Crippen molar-refractivity contribution in [3.63, 3.8) is 0 Å². The normalized spacial score (nSPS) is 26.2. The van der Waals surface area contributed by atoms with E-state index in [0.29, 0.717) is 38.4 Å². The van der Waals surface area contributed by atoms with Crippen LogP contribution in [0.4, 0.5) is 0 Å². The maximum Gasteiger partial charge on any atom is 0.317 e. The lowest BCUT2D eigenvalue weighted by molar-refractivity contribution is -0.138. The predicted molar refractivity (Wildman–Crippen MR) is 104 cm³/mol. The van der Waals surface area contributed by atoms with Crippen LogP contribution in [-0.4, -0.2) is 90.2 Å². The lowest BCUT2D eigenvalue weighted by Crippen LogP contribution is -2.47. The summed E-state index contributed by atoms with van der Waals surface area (Å²) >= 11 is 0.